The first-order valence-electron chi connectivity index (χ1n) is 18.9. The van der Waals surface area contributed by atoms with E-state index in [9.17, 15) is 52.7 Å². The van der Waals surface area contributed by atoms with E-state index >= 15 is 0 Å². The van der Waals surface area contributed by atoms with Crippen LogP contribution in [-0.4, -0.2) is 134 Å². The fraction of sp³-hybridized carbons (Fsp3) is 0.550. The summed E-state index contributed by atoms with van der Waals surface area (Å²) in [6.07, 6.45) is -14.1. The van der Waals surface area contributed by atoms with Crippen LogP contribution < -0.4 is 0 Å². The summed E-state index contributed by atoms with van der Waals surface area (Å²) in [7, 11) is 0. The maximum Gasteiger partial charge on any atom is 0.347 e. The molecule has 343 valence electrons. The lowest BCUT2D eigenvalue weighted by Crippen LogP contribution is -2.39. The third kappa shape index (κ3) is 19.3. The zero-order chi connectivity index (χ0) is 47.3. The van der Waals surface area contributed by atoms with Crippen LogP contribution in [0, 0.1) is 6.42 Å². The molecule has 0 unspecified atom stereocenters. The highest BCUT2D eigenvalue weighted by Gasteiger charge is 2.33. The highest BCUT2D eigenvalue weighted by Crippen LogP contribution is 2.11. The van der Waals surface area contributed by atoms with Gasteiger partial charge < -0.3 is 52.1 Å². The summed E-state index contributed by atoms with van der Waals surface area (Å²) in [6, 6.07) is 8.75. The summed E-state index contributed by atoms with van der Waals surface area (Å²) in [5, 5.41) is 0. The van der Waals surface area contributed by atoms with Gasteiger partial charge in [-0.15, -0.1) is 0 Å². The number of carbonyl (C=O) groups is 11. The largest absolute Gasteiger partial charge is 0.458 e. The van der Waals surface area contributed by atoms with E-state index in [2.05, 4.69) is 0 Å². The summed E-state index contributed by atoms with van der Waals surface area (Å²) in [5.41, 5.74) is 0.709. The molecule has 0 aliphatic carbocycles. The molecule has 1 radical (unpaired) electrons. The molecule has 0 bridgehead atoms. The van der Waals surface area contributed by atoms with Crippen molar-refractivity contribution in [2.75, 3.05) is 6.61 Å². The van der Waals surface area contributed by atoms with E-state index in [1.807, 2.05) is 0 Å². The van der Waals surface area contributed by atoms with E-state index in [1.54, 1.807) is 30.3 Å². The third-order valence-electron chi connectivity index (χ3n) is 7.72. The summed E-state index contributed by atoms with van der Waals surface area (Å²) in [6.45, 7) is 10.9. The second-order valence-electron chi connectivity index (χ2n) is 13.1. The molecule has 0 saturated heterocycles. The summed E-state index contributed by atoms with van der Waals surface area (Å²) >= 11 is 0. The number of carbonyl (C=O) groups excluding carboxylic acids is 11. The van der Waals surface area contributed by atoms with E-state index < -0.39 is 127 Å². The molecule has 0 heterocycles. The number of esters is 10. The molecule has 22 nitrogen and oxygen atoms in total. The Balaban J connectivity index is 2.52. The molecule has 22 heteroatoms. The second kappa shape index (κ2) is 26.7. The van der Waals surface area contributed by atoms with E-state index in [0.717, 1.165) is 41.0 Å². The molecular weight excluding hydrogens is 832 g/mol. The van der Waals surface area contributed by atoms with Crippen molar-refractivity contribution in [3.05, 3.63) is 42.3 Å². The van der Waals surface area contributed by atoms with Gasteiger partial charge in [0, 0.05) is 0 Å². The van der Waals surface area contributed by atoms with Gasteiger partial charge in [-0.05, 0) is 67.9 Å². The number of aldehydes is 1. The first-order valence-corrected chi connectivity index (χ1v) is 18.9. The van der Waals surface area contributed by atoms with Crippen molar-refractivity contribution in [3.8, 4) is 0 Å². The summed E-state index contributed by atoms with van der Waals surface area (Å²) in [4.78, 5) is 134. The van der Waals surface area contributed by atoms with E-state index in [-0.39, 0.29) is 12.9 Å². The highest BCUT2D eigenvalue weighted by molar-refractivity contribution is 5.88. The van der Waals surface area contributed by atoms with Crippen LogP contribution in [0.3, 0.4) is 0 Å². The molecule has 0 aromatic heterocycles. The smallest absolute Gasteiger partial charge is 0.347 e. The van der Waals surface area contributed by atoms with Gasteiger partial charge in [-0.3, -0.25) is 9.59 Å². The predicted octanol–water partition coefficient (Wildman–Crippen LogP) is 0.923. The minimum atomic E-state index is -1.67. The normalized spacial score (nSPS) is 15.6. The van der Waals surface area contributed by atoms with Gasteiger partial charge in [0.05, 0.1) is 13.0 Å². The molecule has 0 N–H and O–H groups in total. The zero-order valence-electron chi connectivity index (χ0n) is 35.7. The molecule has 10 atom stereocenters. The van der Waals surface area contributed by atoms with Gasteiger partial charge in [0.15, 0.2) is 67.3 Å². The van der Waals surface area contributed by atoms with Crippen molar-refractivity contribution >= 4 is 66.0 Å². The Morgan fingerprint density at radius 1 is 0.435 bits per heavy atom. The molecule has 0 amide bonds. The van der Waals surface area contributed by atoms with Crippen molar-refractivity contribution < 1.29 is 105 Å². The van der Waals surface area contributed by atoms with Crippen LogP contribution in [0.4, 0.5) is 0 Å². The van der Waals surface area contributed by atoms with Crippen molar-refractivity contribution in [2.45, 2.75) is 137 Å². The Labute approximate surface area is 356 Å². The third-order valence-corrected chi connectivity index (χ3v) is 7.72. The quantitative estimate of drug-likeness (QED) is 0.0749. The molecule has 1 aromatic rings. The van der Waals surface area contributed by atoms with E-state index in [1.165, 1.54) is 34.6 Å². The number of benzene rings is 1. The first kappa shape index (κ1) is 53.6. The molecule has 1 aromatic carbocycles. The second-order valence-corrected chi connectivity index (χ2v) is 13.1. The lowest BCUT2D eigenvalue weighted by molar-refractivity contribution is -0.188. The van der Waals surface area contributed by atoms with Gasteiger partial charge in [0.2, 0.25) is 0 Å². The van der Waals surface area contributed by atoms with Crippen LogP contribution in [0.2, 0.25) is 0 Å². The van der Waals surface area contributed by atoms with Crippen LogP contribution in [0.1, 0.15) is 74.8 Å². The van der Waals surface area contributed by atoms with Crippen molar-refractivity contribution in [1.82, 2.24) is 0 Å². The van der Waals surface area contributed by atoms with Gasteiger partial charge in [-0.1, -0.05) is 37.3 Å². The van der Waals surface area contributed by atoms with Crippen molar-refractivity contribution in [2.24, 2.45) is 0 Å². The average Bonchev–Trinajstić information content (AvgIpc) is 3.23. The van der Waals surface area contributed by atoms with Crippen LogP contribution >= 0.6 is 0 Å². The lowest BCUT2D eigenvalue weighted by atomic mass is 10.2. The van der Waals surface area contributed by atoms with Gasteiger partial charge >= 0.3 is 59.7 Å². The number of hydrogen-bond acceptors (Lipinski definition) is 22. The van der Waals surface area contributed by atoms with Crippen LogP contribution in [-0.2, 0) is 111 Å². The SMILES string of the molecule is C[CH]C(=O)O[C@@H](C)C(=O)O[C@@H](C)C(=O)O[C@@H](C)C(=O)O[C@@H](C)C(=O)O[C@@H](C)C(=O)O[C@@H](C)C(=O)O[C@H](C=O)CO[C@@H](C)C(=O)O[C@@H](C)C(=O)O[C@@H](C)C(=O)OCc1ccccc1. The summed E-state index contributed by atoms with van der Waals surface area (Å²) in [5.74, 6) is -11.0. The number of hydrogen-bond donors (Lipinski definition) is 0. The fourth-order valence-electron chi connectivity index (χ4n) is 4.02. The zero-order valence-corrected chi connectivity index (χ0v) is 35.7. The Kier molecular flexibility index (Phi) is 23.1. The van der Waals surface area contributed by atoms with Crippen LogP contribution in [0.5, 0.6) is 0 Å². The van der Waals surface area contributed by atoms with Gasteiger partial charge in [-0.25, -0.2) is 43.2 Å². The minimum Gasteiger partial charge on any atom is -0.458 e. The molecular formula is C40H51O22. The molecule has 62 heavy (non-hydrogen) atoms. The Hall–Kier alpha value is -6.45. The Morgan fingerprint density at radius 2 is 0.742 bits per heavy atom. The predicted molar refractivity (Wildman–Crippen MR) is 202 cm³/mol. The molecule has 1 rings (SSSR count). The van der Waals surface area contributed by atoms with Gasteiger partial charge in [0.25, 0.3) is 0 Å². The van der Waals surface area contributed by atoms with Crippen molar-refractivity contribution in [1.29, 1.82) is 0 Å². The highest BCUT2D eigenvalue weighted by atomic mass is 16.7. The van der Waals surface area contributed by atoms with E-state index in [4.69, 9.17) is 52.1 Å². The van der Waals surface area contributed by atoms with Gasteiger partial charge in [0.1, 0.15) is 6.61 Å². The Bertz CT molecular complexity index is 1740. The molecule has 0 aliphatic heterocycles. The maximum absolute atomic E-state index is 12.6. The molecule has 0 saturated carbocycles. The van der Waals surface area contributed by atoms with Crippen LogP contribution in [0.15, 0.2) is 30.3 Å². The standard InChI is InChI=1S/C40H51O22/c1-11-31(42)54-22(4)34(45)57-24(6)36(47)58-25(7)37(48)59-26(8)38(49)60-27(9)39(50)61-28(10)40(51)62-30(17-41)19-52-20(2)33(44)56-23(5)35(46)55-21(3)32(43)53-18-29-15-13-12-14-16-29/h11-17,20-28,30H,18-19H2,1-10H3/t20-,21-,22-,23-,24-,25-,26-,27-,28-,30+/m0/s1. The topological polar surface area (TPSA) is 289 Å². The molecule has 0 aliphatic rings. The lowest BCUT2D eigenvalue weighted by Gasteiger charge is -2.21. The maximum atomic E-state index is 12.6. The fourth-order valence-corrected chi connectivity index (χ4v) is 4.02. The van der Waals surface area contributed by atoms with Gasteiger partial charge in [-0.2, -0.15) is 0 Å². The Morgan fingerprint density at radius 3 is 1.08 bits per heavy atom. The number of rotatable bonds is 25. The van der Waals surface area contributed by atoms with E-state index in [0.29, 0.717) is 5.56 Å². The summed E-state index contributed by atoms with van der Waals surface area (Å²) < 4.78 is 54.6. The monoisotopic (exact) mass is 883 g/mol. The number of ether oxygens (including phenoxy) is 11. The first-order chi connectivity index (χ1) is 29.0. The van der Waals surface area contributed by atoms with Crippen molar-refractivity contribution in [3.63, 3.8) is 0 Å². The average molecular weight is 884 g/mol. The molecule has 0 spiro atoms. The minimum absolute atomic E-state index is 0.0563. The van der Waals surface area contributed by atoms with Crippen LogP contribution in [0.25, 0.3) is 0 Å². The molecule has 0 fully saturated rings.